The Morgan fingerprint density at radius 2 is 2.17 bits per heavy atom. The van der Waals surface area contributed by atoms with Gasteiger partial charge in [0.15, 0.2) is 0 Å². The fourth-order valence-electron chi connectivity index (χ4n) is 3.81. The van der Waals surface area contributed by atoms with Crippen molar-refractivity contribution < 1.29 is 9.90 Å². The van der Waals surface area contributed by atoms with Crippen molar-refractivity contribution in [3.63, 3.8) is 0 Å². The number of piperidine rings is 1. The lowest BCUT2D eigenvalue weighted by atomic mass is 9.77. The van der Waals surface area contributed by atoms with Gasteiger partial charge in [-0.2, -0.15) is 5.10 Å². The number of pyridine rings is 1. The normalized spacial score (nSPS) is 22.1. The highest BCUT2D eigenvalue weighted by molar-refractivity contribution is 9.10. The third kappa shape index (κ3) is 2.72. The van der Waals surface area contributed by atoms with Gasteiger partial charge in [-0.1, -0.05) is 20.8 Å². The molecule has 2 atom stereocenters. The molecule has 0 aromatic carbocycles. The van der Waals surface area contributed by atoms with Gasteiger partial charge >= 0.3 is 6.09 Å². The highest BCUT2D eigenvalue weighted by Crippen LogP contribution is 2.41. The van der Waals surface area contributed by atoms with Crippen LogP contribution >= 0.6 is 15.9 Å². The van der Waals surface area contributed by atoms with Gasteiger partial charge in [-0.3, -0.25) is 4.68 Å². The van der Waals surface area contributed by atoms with E-state index in [9.17, 15) is 9.90 Å². The van der Waals surface area contributed by atoms with Crippen LogP contribution in [0, 0.1) is 5.41 Å². The molecule has 3 heterocycles. The van der Waals surface area contributed by atoms with Gasteiger partial charge in [-0.15, -0.1) is 0 Å². The molecular formula is C16H22BrN5O2. The number of amides is 1. The largest absolute Gasteiger partial charge is 0.465 e. The van der Waals surface area contributed by atoms with Crippen LogP contribution in [-0.4, -0.2) is 43.5 Å². The number of aromatic nitrogens is 3. The van der Waals surface area contributed by atoms with E-state index in [1.54, 1.807) is 11.1 Å². The predicted molar refractivity (Wildman–Crippen MR) is 95.9 cm³/mol. The van der Waals surface area contributed by atoms with E-state index in [0.29, 0.717) is 17.0 Å². The van der Waals surface area contributed by atoms with Crippen molar-refractivity contribution in [2.45, 2.75) is 45.7 Å². The van der Waals surface area contributed by atoms with E-state index >= 15 is 0 Å². The number of rotatable bonds is 1. The number of halogens is 1. The summed E-state index contributed by atoms with van der Waals surface area (Å²) in [6, 6.07) is 1.65. The van der Waals surface area contributed by atoms with Crippen molar-refractivity contribution in [3.8, 4) is 0 Å². The molecule has 130 valence electrons. The number of hydrogen-bond donors (Lipinski definition) is 2. The summed E-state index contributed by atoms with van der Waals surface area (Å²) in [6.45, 7) is 6.77. The van der Waals surface area contributed by atoms with E-state index < -0.39 is 6.09 Å². The lowest BCUT2D eigenvalue weighted by Gasteiger charge is -2.46. The van der Waals surface area contributed by atoms with Gasteiger partial charge in [0, 0.05) is 12.7 Å². The minimum Gasteiger partial charge on any atom is -0.465 e. The molecular weight excluding hydrogens is 374 g/mol. The highest BCUT2D eigenvalue weighted by atomic mass is 79.9. The van der Waals surface area contributed by atoms with Gasteiger partial charge in [0.1, 0.15) is 10.4 Å². The molecule has 3 rings (SSSR count). The number of carboxylic acid groups (broad SMARTS) is 1. The topological polar surface area (TPSA) is 97.3 Å². The van der Waals surface area contributed by atoms with Crippen LogP contribution in [0.25, 0.3) is 10.9 Å². The molecule has 2 aromatic rings. The third-order valence-corrected chi connectivity index (χ3v) is 5.21. The fourth-order valence-corrected chi connectivity index (χ4v) is 4.39. The molecule has 0 saturated carbocycles. The highest BCUT2D eigenvalue weighted by Gasteiger charge is 2.43. The van der Waals surface area contributed by atoms with E-state index in [-0.39, 0.29) is 17.5 Å². The second-order valence-electron chi connectivity index (χ2n) is 7.32. The first-order valence-electron chi connectivity index (χ1n) is 7.99. The maximum absolute atomic E-state index is 11.8. The van der Waals surface area contributed by atoms with Gasteiger partial charge in [0.05, 0.1) is 23.0 Å². The van der Waals surface area contributed by atoms with E-state index in [4.69, 9.17) is 5.73 Å². The molecule has 1 fully saturated rings. The Morgan fingerprint density at radius 1 is 1.46 bits per heavy atom. The molecule has 0 bridgehead atoms. The number of anilines is 1. The summed E-state index contributed by atoms with van der Waals surface area (Å²) in [6.07, 6.45) is 2.46. The Labute approximate surface area is 149 Å². The van der Waals surface area contributed by atoms with Gasteiger partial charge in [0.25, 0.3) is 0 Å². The van der Waals surface area contributed by atoms with Crippen LogP contribution in [0.3, 0.4) is 0 Å². The van der Waals surface area contributed by atoms with Crippen molar-refractivity contribution >= 4 is 38.7 Å². The first kappa shape index (κ1) is 17.0. The number of nitrogens with two attached hydrogens (primary N) is 1. The predicted octanol–water partition coefficient (Wildman–Crippen LogP) is 3.51. The molecule has 0 spiro atoms. The molecule has 2 unspecified atom stereocenters. The summed E-state index contributed by atoms with van der Waals surface area (Å²) in [5.74, 6) is 0.420. The maximum atomic E-state index is 11.8. The van der Waals surface area contributed by atoms with Crippen LogP contribution in [0.1, 0.15) is 39.7 Å². The van der Waals surface area contributed by atoms with Crippen molar-refractivity contribution in [1.29, 1.82) is 0 Å². The number of fused-ring (bicyclic) bond motifs is 1. The summed E-state index contributed by atoms with van der Waals surface area (Å²) in [4.78, 5) is 17.5. The molecule has 3 N–H and O–H groups in total. The van der Waals surface area contributed by atoms with Crippen molar-refractivity contribution in [2.75, 3.05) is 12.3 Å². The van der Waals surface area contributed by atoms with Crippen LogP contribution < -0.4 is 5.73 Å². The van der Waals surface area contributed by atoms with Crippen LogP contribution in [0.5, 0.6) is 0 Å². The van der Waals surface area contributed by atoms with Gasteiger partial charge in [-0.25, -0.2) is 9.78 Å². The van der Waals surface area contributed by atoms with Crippen molar-refractivity contribution in [1.82, 2.24) is 19.7 Å². The lowest BCUT2D eigenvalue weighted by molar-refractivity contribution is 0.0249. The minimum atomic E-state index is -0.878. The van der Waals surface area contributed by atoms with Crippen LogP contribution in [0.15, 0.2) is 16.9 Å². The molecule has 0 aliphatic carbocycles. The molecule has 2 aromatic heterocycles. The standard InChI is InChI=1S/C16H22BrN5O2/c1-16(2,3)12-10(5-4-8-21(12)15(23)24)22-9-6-7-19-14(18)11(9)13(17)20-22/h6-7,10,12H,4-5,8H2,1-3H3,(H2,18,19)(H,23,24). The molecule has 24 heavy (non-hydrogen) atoms. The molecule has 0 radical (unpaired) electrons. The molecule has 1 amide bonds. The molecule has 1 aliphatic heterocycles. The van der Waals surface area contributed by atoms with Crippen molar-refractivity contribution in [2.24, 2.45) is 5.41 Å². The minimum absolute atomic E-state index is 0.0505. The zero-order valence-electron chi connectivity index (χ0n) is 14.0. The summed E-state index contributed by atoms with van der Waals surface area (Å²) < 4.78 is 2.56. The monoisotopic (exact) mass is 395 g/mol. The molecule has 1 aliphatic rings. The lowest BCUT2D eigenvalue weighted by Crippen LogP contribution is -2.54. The quantitative estimate of drug-likeness (QED) is 0.769. The second kappa shape index (κ2) is 5.91. The van der Waals surface area contributed by atoms with E-state index in [2.05, 4.69) is 46.8 Å². The van der Waals surface area contributed by atoms with Crippen LogP contribution in [-0.2, 0) is 0 Å². The Hall–Kier alpha value is -1.83. The zero-order chi connectivity index (χ0) is 17.6. The van der Waals surface area contributed by atoms with Crippen molar-refractivity contribution in [3.05, 3.63) is 16.9 Å². The number of nitrogens with zero attached hydrogens (tertiary/aromatic N) is 4. The summed E-state index contributed by atoms with van der Waals surface area (Å²) in [5, 5.41) is 15.1. The molecule has 8 heteroatoms. The fraction of sp³-hybridized carbons (Fsp3) is 0.562. The summed E-state index contributed by atoms with van der Waals surface area (Å²) >= 11 is 3.47. The molecule has 7 nitrogen and oxygen atoms in total. The number of hydrogen-bond acceptors (Lipinski definition) is 4. The number of carbonyl (C=O) groups is 1. The van der Waals surface area contributed by atoms with Gasteiger partial charge in [0.2, 0.25) is 0 Å². The first-order valence-corrected chi connectivity index (χ1v) is 8.79. The van der Waals surface area contributed by atoms with E-state index in [1.807, 2.05) is 10.7 Å². The maximum Gasteiger partial charge on any atom is 0.407 e. The van der Waals surface area contributed by atoms with Gasteiger partial charge < -0.3 is 15.7 Å². The Bertz CT molecular complexity index is 783. The number of likely N-dealkylation sites (tertiary alicyclic amines) is 1. The van der Waals surface area contributed by atoms with E-state index in [1.165, 1.54) is 0 Å². The van der Waals surface area contributed by atoms with Crippen LogP contribution in [0.2, 0.25) is 0 Å². The second-order valence-corrected chi connectivity index (χ2v) is 8.07. The third-order valence-electron chi connectivity index (χ3n) is 4.65. The van der Waals surface area contributed by atoms with Crippen LogP contribution in [0.4, 0.5) is 10.6 Å². The summed E-state index contributed by atoms with van der Waals surface area (Å²) in [5.41, 5.74) is 6.66. The number of nitrogen functional groups attached to an aromatic ring is 1. The first-order chi connectivity index (χ1) is 11.2. The summed E-state index contributed by atoms with van der Waals surface area (Å²) in [7, 11) is 0. The smallest absolute Gasteiger partial charge is 0.407 e. The average Bonchev–Trinajstić information content (AvgIpc) is 2.84. The Morgan fingerprint density at radius 3 is 2.79 bits per heavy atom. The van der Waals surface area contributed by atoms with E-state index in [0.717, 1.165) is 23.7 Å². The molecule has 1 saturated heterocycles. The Balaban J connectivity index is 2.16. The average molecular weight is 396 g/mol. The zero-order valence-corrected chi connectivity index (χ0v) is 15.6. The SMILES string of the molecule is CC(C)(C)C1C(n2nc(Br)c3c(N)nccc32)CCCN1C(=O)O. The van der Waals surface area contributed by atoms with Gasteiger partial charge in [-0.05, 0) is 40.3 Å². The Kier molecular flexibility index (Phi) is 4.19.